The van der Waals surface area contributed by atoms with Crippen LogP contribution in [0.2, 0.25) is 0 Å². The molecule has 1 aromatic carbocycles. The Morgan fingerprint density at radius 3 is 2.47 bits per heavy atom. The largest absolute Gasteiger partial charge is 0.326 e. The van der Waals surface area contributed by atoms with Gasteiger partial charge in [0.2, 0.25) is 5.91 Å². The highest BCUT2D eigenvalue weighted by Crippen LogP contribution is 2.13. The normalized spacial score (nSPS) is 11.8. The highest BCUT2D eigenvalue weighted by molar-refractivity contribution is 7.80. The van der Waals surface area contributed by atoms with Crippen molar-refractivity contribution in [2.24, 2.45) is 5.92 Å². The summed E-state index contributed by atoms with van der Waals surface area (Å²) in [5, 5.41) is 2.89. The number of nitrogens with one attached hydrogen (secondary N) is 1. The van der Waals surface area contributed by atoms with Gasteiger partial charge in [-0.15, -0.1) is 0 Å². The molecular weight excluding hydrogens is 256 g/mol. The van der Waals surface area contributed by atoms with Crippen LogP contribution in [0.4, 0.5) is 5.69 Å². The molecule has 1 unspecified atom stereocenters. The van der Waals surface area contributed by atoms with E-state index in [-0.39, 0.29) is 11.8 Å². The first-order chi connectivity index (χ1) is 9.29. The molecule has 0 bridgehead atoms. The van der Waals surface area contributed by atoms with Crippen LogP contribution < -0.4 is 5.32 Å². The summed E-state index contributed by atoms with van der Waals surface area (Å²) in [5.41, 5.74) is 1.91. The number of pyridine rings is 1. The number of rotatable bonds is 5. The molecule has 3 nitrogen and oxygen atoms in total. The first-order valence-corrected chi connectivity index (χ1v) is 6.78. The van der Waals surface area contributed by atoms with Crippen LogP contribution in [0.25, 0.3) is 0 Å². The second-order valence-electron chi connectivity index (χ2n) is 4.29. The van der Waals surface area contributed by atoms with E-state index in [2.05, 4.69) is 22.9 Å². The topological polar surface area (TPSA) is 42.0 Å². The molecule has 1 amide bonds. The molecule has 98 valence electrons. The predicted octanol–water partition coefficient (Wildman–Crippen LogP) is 2.81. The van der Waals surface area contributed by atoms with Gasteiger partial charge >= 0.3 is 0 Å². The third-order valence-electron chi connectivity index (χ3n) is 2.86. The van der Waals surface area contributed by atoms with E-state index in [0.29, 0.717) is 12.2 Å². The molecule has 2 rings (SSSR count). The summed E-state index contributed by atoms with van der Waals surface area (Å²) in [7, 11) is 0. The Labute approximate surface area is 118 Å². The minimum absolute atomic E-state index is 0.00921. The number of nitrogens with zero attached hydrogens (tertiary/aromatic N) is 1. The van der Waals surface area contributed by atoms with Crippen molar-refractivity contribution >= 4 is 24.2 Å². The van der Waals surface area contributed by atoms with Gasteiger partial charge in [-0.1, -0.05) is 30.3 Å². The number of thiol groups is 1. The summed E-state index contributed by atoms with van der Waals surface area (Å²) >= 11 is 4.28. The van der Waals surface area contributed by atoms with Gasteiger partial charge < -0.3 is 5.32 Å². The number of amides is 1. The lowest BCUT2D eigenvalue weighted by Crippen LogP contribution is -2.26. The van der Waals surface area contributed by atoms with Gasteiger partial charge in [0.15, 0.2) is 0 Å². The SMILES string of the molecule is O=C(Nc1ccncc1)C(CS)Cc1ccccc1. The van der Waals surface area contributed by atoms with E-state index >= 15 is 0 Å². The van der Waals surface area contributed by atoms with Crippen LogP contribution in [0, 0.1) is 5.92 Å². The maximum atomic E-state index is 12.2. The van der Waals surface area contributed by atoms with Crippen molar-refractivity contribution in [1.29, 1.82) is 0 Å². The van der Waals surface area contributed by atoms with Gasteiger partial charge in [-0.3, -0.25) is 9.78 Å². The smallest absolute Gasteiger partial charge is 0.228 e. The summed E-state index contributed by atoms with van der Waals surface area (Å²) in [5.74, 6) is 0.371. The third kappa shape index (κ3) is 4.10. The first-order valence-electron chi connectivity index (χ1n) is 6.15. The zero-order valence-corrected chi connectivity index (χ0v) is 11.4. The predicted molar refractivity (Wildman–Crippen MR) is 80.4 cm³/mol. The van der Waals surface area contributed by atoms with Crippen LogP contribution in [0.15, 0.2) is 54.9 Å². The van der Waals surface area contributed by atoms with Crippen LogP contribution in [0.1, 0.15) is 5.56 Å². The van der Waals surface area contributed by atoms with Crippen LogP contribution in [-0.4, -0.2) is 16.6 Å². The molecule has 19 heavy (non-hydrogen) atoms. The van der Waals surface area contributed by atoms with Crippen molar-refractivity contribution in [2.75, 3.05) is 11.1 Å². The Hall–Kier alpha value is -1.81. The van der Waals surface area contributed by atoms with Gasteiger partial charge in [0.1, 0.15) is 0 Å². The first kappa shape index (κ1) is 13.6. The zero-order valence-electron chi connectivity index (χ0n) is 10.5. The number of carbonyl (C=O) groups excluding carboxylic acids is 1. The summed E-state index contributed by atoms with van der Waals surface area (Å²) in [6, 6.07) is 13.5. The van der Waals surface area contributed by atoms with E-state index < -0.39 is 0 Å². The van der Waals surface area contributed by atoms with Crippen molar-refractivity contribution in [3.8, 4) is 0 Å². The molecule has 2 aromatic rings. The molecule has 1 aromatic heterocycles. The maximum Gasteiger partial charge on any atom is 0.228 e. The highest BCUT2D eigenvalue weighted by Gasteiger charge is 2.17. The summed E-state index contributed by atoms with van der Waals surface area (Å²) in [4.78, 5) is 16.1. The molecule has 1 heterocycles. The molecule has 0 aliphatic rings. The number of carbonyl (C=O) groups is 1. The van der Waals surface area contributed by atoms with Gasteiger partial charge in [0.25, 0.3) is 0 Å². The number of aromatic nitrogens is 1. The Bertz CT molecular complexity index is 516. The van der Waals surface area contributed by atoms with E-state index in [1.165, 1.54) is 0 Å². The maximum absolute atomic E-state index is 12.2. The standard InChI is InChI=1S/C15H16N2OS/c18-15(17-14-6-8-16-9-7-14)13(11-19)10-12-4-2-1-3-5-12/h1-9,13,19H,10-11H2,(H,16,17,18). The second kappa shape index (κ2) is 6.95. The molecule has 0 saturated heterocycles. The summed E-state index contributed by atoms with van der Waals surface area (Å²) in [6.45, 7) is 0. The van der Waals surface area contributed by atoms with Gasteiger partial charge in [-0.25, -0.2) is 0 Å². The summed E-state index contributed by atoms with van der Waals surface area (Å²) in [6.07, 6.45) is 4.01. The molecule has 1 atom stereocenters. The molecule has 4 heteroatoms. The minimum atomic E-state index is -0.140. The molecule has 0 spiro atoms. The lowest BCUT2D eigenvalue weighted by atomic mass is 10.00. The fourth-order valence-electron chi connectivity index (χ4n) is 1.82. The minimum Gasteiger partial charge on any atom is -0.326 e. The quantitative estimate of drug-likeness (QED) is 0.822. The van der Waals surface area contributed by atoms with Crippen LogP contribution >= 0.6 is 12.6 Å². The molecule has 1 N–H and O–H groups in total. The molecule has 0 aliphatic carbocycles. The summed E-state index contributed by atoms with van der Waals surface area (Å²) < 4.78 is 0. The molecular formula is C15H16N2OS. The van der Waals surface area contributed by atoms with E-state index in [9.17, 15) is 4.79 Å². The van der Waals surface area contributed by atoms with Gasteiger partial charge in [0, 0.05) is 23.8 Å². The van der Waals surface area contributed by atoms with Crippen molar-refractivity contribution in [1.82, 2.24) is 4.98 Å². The van der Waals surface area contributed by atoms with E-state index in [4.69, 9.17) is 0 Å². The lowest BCUT2D eigenvalue weighted by Gasteiger charge is -2.14. The van der Waals surface area contributed by atoms with Crippen molar-refractivity contribution < 1.29 is 4.79 Å². The zero-order chi connectivity index (χ0) is 13.5. The lowest BCUT2D eigenvalue weighted by molar-refractivity contribution is -0.119. The van der Waals surface area contributed by atoms with Gasteiger partial charge in [0.05, 0.1) is 5.92 Å². The fourth-order valence-corrected chi connectivity index (χ4v) is 2.11. The van der Waals surface area contributed by atoms with Crippen molar-refractivity contribution in [3.05, 3.63) is 60.4 Å². The van der Waals surface area contributed by atoms with E-state index in [0.717, 1.165) is 11.3 Å². The van der Waals surface area contributed by atoms with Crippen LogP contribution in [0.3, 0.4) is 0 Å². The van der Waals surface area contributed by atoms with Crippen LogP contribution in [-0.2, 0) is 11.2 Å². The Kier molecular flexibility index (Phi) is 4.98. The Morgan fingerprint density at radius 2 is 1.84 bits per heavy atom. The fraction of sp³-hybridized carbons (Fsp3) is 0.200. The van der Waals surface area contributed by atoms with Crippen molar-refractivity contribution in [3.63, 3.8) is 0 Å². The average molecular weight is 272 g/mol. The molecule has 0 fully saturated rings. The second-order valence-corrected chi connectivity index (χ2v) is 4.66. The highest BCUT2D eigenvalue weighted by atomic mass is 32.1. The average Bonchev–Trinajstić information content (AvgIpc) is 2.47. The Morgan fingerprint density at radius 1 is 1.16 bits per heavy atom. The number of hydrogen-bond acceptors (Lipinski definition) is 3. The van der Waals surface area contributed by atoms with Crippen molar-refractivity contribution in [2.45, 2.75) is 6.42 Å². The number of anilines is 1. The van der Waals surface area contributed by atoms with E-state index in [1.807, 2.05) is 30.3 Å². The molecule has 0 radical (unpaired) electrons. The van der Waals surface area contributed by atoms with Gasteiger partial charge in [-0.2, -0.15) is 12.6 Å². The monoisotopic (exact) mass is 272 g/mol. The van der Waals surface area contributed by atoms with Crippen LogP contribution in [0.5, 0.6) is 0 Å². The Balaban J connectivity index is 2.00. The molecule has 0 saturated carbocycles. The number of hydrogen-bond donors (Lipinski definition) is 2. The number of benzene rings is 1. The van der Waals surface area contributed by atoms with Gasteiger partial charge in [-0.05, 0) is 24.1 Å². The molecule has 0 aliphatic heterocycles. The third-order valence-corrected chi connectivity index (χ3v) is 3.30. The van der Waals surface area contributed by atoms with E-state index in [1.54, 1.807) is 24.5 Å².